The summed E-state index contributed by atoms with van der Waals surface area (Å²) in [5.74, 6) is 0.960. The second-order valence-electron chi connectivity index (χ2n) is 6.16. The largest absolute Gasteiger partial charge is 0.493 e. The van der Waals surface area contributed by atoms with Gasteiger partial charge in [0.05, 0.1) is 16.9 Å². The molecule has 0 spiro atoms. The van der Waals surface area contributed by atoms with Crippen molar-refractivity contribution in [2.75, 3.05) is 7.11 Å². The lowest BCUT2D eigenvalue weighted by molar-refractivity contribution is 0.0955. The predicted octanol–water partition coefficient (Wildman–Crippen LogP) is 5.90. The quantitative estimate of drug-likeness (QED) is 0.198. The van der Waals surface area contributed by atoms with Crippen molar-refractivity contribution in [3.8, 4) is 11.5 Å². The number of halogens is 3. The number of nitrogens with zero attached hydrogens (tertiary/aromatic N) is 1. The van der Waals surface area contributed by atoms with Crippen molar-refractivity contribution in [2.45, 2.75) is 6.61 Å². The highest BCUT2D eigenvalue weighted by Gasteiger charge is 2.12. The average Bonchev–Trinajstić information content (AvgIpc) is 2.74. The van der Waals surface area contributed by atoms with Crippen LogP contribution in [0.5, 0.6) is 11.5 Å². The van der Waals surface area contributed by atoms with E-state index in [1.807, 2.05) is 42.5 Å². The molecule has 0 aliphatic heterocycles. The minimum absolute atomic E-state index is 0.271. The average molecular weight is 647 g/mol. The van der Waals surface area contributed by atoms with Gasteiger partial charge in [0, 0.05) is 14.2 Å². The number of benzene rings is 3. The Hall–Kier alpha value is -1.85. The molecule has 3 aromatic carbocycles. The third-order valence-corrected chi connectivity index (χ3v) is 5.81. The second-order valence-corrected chi connectivity index (χ2v) is 9.00. The van der Waals surface area contributed by atoms with Crippen LogP contribution in [0, 0.1) is 7.14 Å². The molecule has 0 saturated heterocycles. The lowest BCUT2D eigenvalue weighted by Gasteiger charge is -2.13. The van der Waals surface area contributed by atoms with Gasteiger partial charge < -0.3 is 9.47 Å². The normalized spacial score (nSPS) is 10.8. The topological polar surface area (TPSA) is 59.9 Å². The number of carbonyl (C=O) groups excluding carboxylic acids is 1. The molecular formula is C22H17ClI2N2O3. The Kier molecular flexibility index (Phi) is 8.34. The van der Waals surface area contributed by atoms with E-state index in [-0.39, 0.29) is 5.91 Å². The van der Waals surface area contributed by atoms with Crippen LogP contribution in [-0.4, -0.2) is 19.2 Å². The number of hydrogen-bond acceptors (Lipinski definition) is 4. The number of methoxy groups -OCH3 is 1. The molecule has 30 heavy (non-hydrogen) atoms. The summed E-state index contributed by atoms with van der Waals surface area (Å²) in [5.41, 5.74) is 4.86. The zero-order valence-electron chi connectivity index (χ0n) is 15.9. The first-order valence-electron chi connectivity index (χ1n) is 8.80. The molecule has 8 heteroatoms. The smallest absolute Gasteiger partial charge is 0.271 e. The molecule has 5 nitrogen and oxygen atoms in total. The zero-order valence-corrected chi connectivity index (χ0v) is 20.9. The molecule has 0 radical (unpaired) electrons. The van der Waals surface area contributed by atoms with Gasteiger partial charge >= 0.3 is 0 Å². The zero-order chi connectivity index (χ0) is 21.5. The maximum atomic E-state index is 12.1. The molecule has 0 saturated carbocycles. The number of ether oxygens (including phenoxy) is 2. The molecule has 1 N–H and O–H groups in total. The van der Waals surface area contributed by atoms with E-state index in [1.54, 1.807) is 31.5 Å². The molecule has 3 aromatic rings. The number of carbonyl (C=O) groups is 1. The molecule has 1 amide bonds. The van der Waals surface area contributed by atoms with E-state index in [1.165, 1.54) is 0 Å². The number of rotatable bonds is 7. The lowest BCUT2D eigenvalue weighted by Crippen LogP contribution is -2.17. The molecule has 0 atom stereocenters. The number of nitrogens with one attached hydrogen (secondary N) is 1. The Morgan fingerprint density at radius 1 is 1.10 bits per heavy atom. The Labute approximate surface area is 207 Å². The molecule has 3 rings (SSSR count). The Morgan fingerprint density at radius 3 is 2.47 bits per heavy atom. The first-order chi connectivity index (χ1) is 14.5. The van der Waals surface area contributed by atoms with Crippen LogP contribution < -0.4 is 14.9 Å². The van der Waals surface area contributed by atoms with Crippen molar-refractivity contribution in [1.82, 2.24) is 5.43 Å². The maximum Gasteiger partial charge on any atom is 0.271 e. The van der Waals surface area contributed by atoms with Crippen LogP contribution in [-0.2, 0) is 6.61 Å². The highest BCUT2D eigenvalue weighted by Crippen LogP contribution is 2.34. The van der Waals surface area contributed by atoms with Crippen LogP contribution in [0.1, 0.15) is 21.5 Å². The first kappa shape index (κ1) is 22.8. The van der Waals surface area contributed by atoms with E-state index >= 15 is 0 Å². The number of hydrogen-bond donors (Lipinski definition) is 1. The third kappa shape index (κ3) is 6.32. The van der Waals surface area contributed by atoms with Gasteiger partial charge in [0.15, 0.2) is 11.5 Å². The number of amides is 1. The van der Waals surface area contributed by atoms with Gasteiger partial charge in [0.2, 0.25) is 0 Å². The summed E-state index contributed by atoms with van der Waals surface area (Å²) in [4.78, 5) is 12.1. The fourth-order valence-corrected chi connectivity index (χ4v) is 3.79. The van der Waals surface area contributed by atoms with E-state index in [2.05, 4.69) is 55.7 Å². The Bertz CT molecular complexity index is 1060. The fraction of sp³-hybridized carbons (Fsp3) is 0.0909. The van der Waals surface area contributed by atoms with E-state index in [9.17, 15) is 4.79 Å². The van der Waals surface area contributed by atoms with Gasteiger partial charge in [-0.15, -0.1) is 0 Å². The van der Waals surface area contributed by atoms with E-state index in [4.69, 9.17) is 21.1 Å². The van der Waals surface area contributed by atoms with Crippen molar-refractivity contribution in [1.29, 1.82) is 0 Å². The van der Waals surface area contributed by atoms with E-state index < -0.39 is 0 Å². The van der Waals surface area contributed by atoms with Crippen LogP contribution in [0.15, 0.2) is 65.8 Å². The van der Waals surface area contributed by atoms with Crippen molar-refractivity contribution < 1.29 is 14.3 Å². The lowest BCUT2D eigenvalue weighted by atomic mass is 10.2. The third-order valence-electron chi connectivity index (χ3n) is 4.03. The van der Waals surface area contributed by atoms with Gasteiger partial charge in [-0.2, -0.15) is 5.10 Å². The highest BCUT2D eigenvalue weighted by molar-refractivity contribution is 14.1. The molecule has 0 aliphatic rings. The van der Waals surface area contributed by atoms with Gasteiger partial charge in [0.1, 0.15) is 6.61 Å². The molecule has 0 bridgehead atoms. The minimum Gasteiger partial charge on any atom is -0.493 e. The van der Waals surface area contributed by atoms with Crippen molar-refractivity contribution >= 4 is 68.9 Å². The van der Waals surface area contributed by atoms with Crippen LogP contribution >= 0.6 is 56.8 Å². The molecule has 0 heterocycles. The Morgan fingerprint density at radius 2 is 1.80 bits per heavy atom. The van der Waals surface area contributed by atoms with Crippen LogP contribution in [0.3, 0.4) is 0 Å². The van der Waals surface area contributed by atoms with E-state index in [0.717, 1.165) is 18.3 Å². The summed E-state index contributed by atoms with van der Waals surface area (Å²) in [6.07, 6.45) is 1.57. The summed E-state index contributed by atoms with van der Waals surface area (Å²) in [7, 11) is 1.58. The summed E-state index contributed by atoms with van der Waals surface area (Å²) in [6.45, 7) is 0.392. The molecule has 0 aromatic heterocycles. The van der Waals surface area contributed by atoms with Crippen molar-refractivity contribution in [3.63, 3.8) is 0 Å². The van der Waals surface area contributed by atoms with Gasteiger partial charge in [0.25, 0.3) is 5.91 Å². The SMILES string of the molecule is COc1cc(/C=N\NC(=O)c2ccc(I)cc2)cc(I)c1OCc1ccc(Cl)cc1. The van der Waals surface area contributed by atoms with Gasteiger partial charge in [-0.1, -0.05) is 23.7 Å². The first-order valence-corrected chi connectivity index (χ1v) is 11.3. The number of hydrazone groups is 1. The van der Waals surface area contributed by atoms with E-state index in [0.29, 0.717) is 28.7 Å². The van der Waals surface area contributed by atoms with Crippen LogP contribution in [0.4, 0.5) is 0 Å². The summed E-state index contributed by atoms with van der Waals surface area (Å²) >= 11 is 10.3. The van der Waals surface area contributed by atoms with Gasteiger partial charge in [-0.25, -0.2) is 5.43 Å². The fourth-order valence-electron chi connectivity index (χ4n) is 2.52. The predicted molar refractivity (Wildman–Crippen MR) is 136 cm³/mol. The van der Waals surface area contributed by atoms with Gasteiger partial charge in [-0.05, 0) is 105 Å². The maximum absolute atomic E-state index is 12.1. The standard InChI is InChI=1S/C22H17ClI2N2O3/c1-29-20-11-15(12-26-27-22(28)16-4-8-18(24)9-5-16)10-19(25)21(20)30-13-14-2-6-17(23)7-3-14/h2-12H,13H2,1H3,(H,27,28)/b26-12-. The summed E-state index contributed by atoms with van der Waals surface area (Å²) < 4.78 is 13.4. The van der Waals surface area contributed by atoms with Gasteiger partial charge in [-0.3, -0.25) is 4.79 Å². The highest BCUT2D eigenvalue weighted by atomic mass is 127. The molecule has 0 unspecified atom stereocenters. The summed E-state index contributed by atoms with van der Waals surface area (Å²) in [6, 6.07) is 18.4. The molecule has 0 fully saturated rings. The van der Waals surface area contributed by atoms with Crippen LogP contribution in [0.25, 0.3) is 0 Å². The molecule has 154 valence electrons. The monoisotopic (exact) mass is 646 g/mol. The van der Waals surface area contributed by atoms with Crippen molar-refractivity contribution in [2.24, 2.45) is 5.10 Å². The summed E-state index contributed by atoms with van der Waals surface area (Å²) in [5, 5.41) is 4.73. The molecule has 0 aliphatic carbocycles. The van der Waals surface area contributed by atoms with Crippen molar-refractivity contribution in [3.05, 3.63) is 89.5 Å². The second kappa shape index (κ2) is 11.0. The minimum atomic E-state index is -0.271. The van der Waals surface area contributed by atoms with Crippen LogP contribution in [0.2, 0.25) is 5.02 Å². The Balaban J connectivity index is 1.68. The molecular weight excluding hydrogens is 630 g/mol.